The molecule has 22 heavy (non-hydrogen) atoms. The molecule has 1 unspecified atom stereocenters. The average Bonchev–Trinajstić information content (AvgIpc) is 2.52. The molecule has 0 radical (unpaired) electrons. The predicted octanol–water partition coefficient (Wildman–Crippen LogP) is 1.66. The summed E-state index contributed by atoms with van der Waals surface area (Å²) in [5.74, 6) is -1.74. The Morgan fingerprint density at radius 3 is 2.41 bits per heavy atom. The van der Waals surface area contributed by atoms with Gasteiger partial charge in [-0.2, -0.15) is 0 Å². The van der Waals surface area contributed by atoms with Crippen molar-refractivity contribution in [3.63, 3.8) is 0 Å². The van der Waals surface area contributed by atoms with E-state index in [-0.39, 0.29) is 19.4 Å². The van der Waals surface area contributed by atoms with E-state index in [9.17, 15) is 14.4 Å². The lowest BCUT2D eigenvalue weighted by atomic mass is 10.1. The molecule has 1 aromatic rings. The highest BCUT2D eigenvalue weighted by Crippen LogP contribution is 2.10. The summed E-state index contributed by atoms with van der Waals surface area (Å²) in [4.78, 5) is 35.2. The third-order valence-corrected chi connectivity index (χ3v) is 3.10. The Balaban J connectivity index is 2.56. The van der Waals surface area contributed by atoms with Crippen LogP contribution in [0.25, 0.3) is 0 Å². The number of hydrogen-bond acceptors (Lipinski definition) is 5. The SMILES string of the molecule is COC(=O)CCC(C(=O)O)N(C)C(=O)OCc1ccccc1. The molecule has 0 saturated carbocycles. The average molecular weight is 309 g/mol. The van der Waals surface area contributed by atoms with E-state index in [1.165, 1.54) is 14.2 Å². The number of likely N-dealkylation sites (N-methyl/N-ethyl adjacent to an activating group) is 1. The minimum atomic E-state index is -1.21. The number of esters is 1. The number of carboxylic acids is 1. The van der Waals surface area contributed by atoms with E-state index in [4.69, 9.17) is 9.84 Å². The highest BCUT2D eigenvalue weighted by molar-refractivity contribution is 5.80. The Hall–Kier alpha value is -2.57. The lowest BCUT2D eigenvalue weighted by molar-refractivity contribution is -0.144. The van der Waals surface area contributed by atoms with Gasteiger partial charge in [-0.15, -0.1) is 0 Å². The van der Waals surface area contributed by atoms with Crippen molar-refractivity contribution >= 4 is 18.0 Å². The van der Waals surface area contributed by atoms with Gasteiger partial charge in [0.25, 0.3) is 0 Å². The number of benzene rings is 1. The summed E-state index contributed by atoms with van der Waals surface area (Å²) in [7, 11) is 2.54. The first kappa shape index (κ1) is 17.5. The number of amides is 1. The Morgan fingerprint density at radius 2 is 1.86 bits per heavy atom. The first-order chi connectivity index (χ1) is 10.5. The second-order valence-corrected chi connectivity index (χ2v) is 4.62. The Labute approximate surface area is 128 Å². The van der Waals surface area contributed by atoms with Crippen LogP contribution >= 0.6 is 0 Å². The second kappa shape index (κ2) is 8.66. The summed E-state index contributed by atoms with van der Waals surface area (Å²) in [6, 6.07) is 7.89. The Bertz CT molecular complexity index is 516. The highest BCUT2D eigenvalue weighted by Gasteiger charge is 2.28. The van der Waals surface area contributed by atoms with E-state index < -0.39 is 24.1 Å². The largest absolute Gasteiger partial charge is 0.480 e. The summed E-state index contributed by atoms with van der Waals surface area (Å²) in [5.41, 5.74) is 0.797. The number of hydrogen-bond donors (Lipinski definition) is 1. The second-order valence-electron chi connectivity index (χ2n) is 4.62. The van der Waals surface area contributed by atoms with Crippen molar-refractivity contribution in [2.45, 2.75) is 25.5 Å². The molecule has 0 heterocycles. The summed E-state index contributed by atoms with van der Waals surface area (Å²) in [6.07, 6.45) is -0.899. The summed E-state index contributed by atoms with van der Waals surface area (Å²) in [6.45, 7) is 0.0490. The molecule has 0 aliphatic carbocycles. The van der Waals surface area contributed by atoms with Crippen molar-refractivity contribution in [1.82, 2.24) is 4.90 Å². The molecule has 1 N–H and O–H groups in total. The molecule has 1 rings (SSSR count). The maximum atomic E-state index is 11.9. The molecule has 0 aromatic heterocycles. The van der Waals surface area contributed by atoms with Gasteiger partial charge >= 0.3 is 18.0 Å². The van der Waals surface area contributed by atoms with Crippen molar-refractivity contribution < 1.29 is 29.0 Å². The fourth-order valence-corrected chi connectivity index (χ4v) is 1.79. The smallest absolute Gasteiger partial charge is 0.410 e. The van der Waals surface area contributed by atoms with Gasteiger partial charge in [-0.1, -0.05) is 30.3 Å². The van der Waals surface area contributed by atoms with Crippen molar-refractivity contribution in [3.8, 4) is 0 Å². The lowest BCUT2D eigenvalue weighted by Crippen LogP contribution is -2.43. The molecule has 7 nitrogen and oxygen atoms in total. The zero-order valence-electron chi connectivity index (χ0n) is 12.5. The van der Waals surface area contributed by atoms with Crippen molar-refractivity contribution in [2.75, 3.05) is 14.2 Å². The zero-order chi connectivity index (χ0) is 16.5. The minimum absolute atomic E-state index is 0.0427. The van der Waals surface area contributed by atoms with E-state index in [0.717, 1.165) is 10.5 Å². The van der Waals surface area contributed by atoms with Gasteiger partial charge in [0.05, 0.1) is 7.11 Å². The highest BCUT2D eigenvalue weighted by atomic mass is 16.6. The molecule has 1 amide bonds. The van der Waals surface area contributed by atoms with Crippen LogP contribution in [-0.4, -0.2) is 48.2 Å². The van der Waals surface area contributed by atoms with Crippen LogP contribution in [0.5, 0.6) is 0 Å². The van der Waals surface area contributed by atoms with Gasteiger partial charge in [0.2, 0.25) is 0 Å². The topological polar surface area (TPSA) is 93.1 Å². The van der Waals surface area contributed by atoms with E-state index in [0.29, 0.717) is 0 Å². The van der Waals surface area contributed by atoms with Crippen molar-refractivity contribution in [3.05, 3.63) is 35.9 Å². The van der Waals surface area contributed by atoms with Gasteiger partial charge in [-0.25, -0.2) is 9.59 Å². The van der Waals surface area contributed by atoms with Crippen LogP contribution in [0, 0.1) is 0 Å². The number of rotatable bonds is 7. The quantitative estimate of drug-likeness (QED) is 0.770. The van der Waals surface area contributed by atoms with Gasteiger partial charge in [-0.3, -0.25) is 9.69 Å². The molecule has 1 aromatic carbocycles. The van der Waals surface area contributed by atoms with Crippen molar-refractivity contribution in [1.29, 1.82) is 0 Å². The van der Waals surface area contributed by atoms with Gasteiger partial charge < -0.3 is 14.6 Å². The maximum absolute atomic E-state index is 11.9. The zero-order valence-corrected chi connectivity index (χ0v) is 12.5. The third-order valence-electron chi connectivity index (χ3n) is 3.10. The standard InChI is InChI=1S/C15H19NO6/c1-16(12(14(18)19)8-9-13(17)21-2)15(20)22-10-11-6-4-3-5-7-11/h3-7,12H,8-10H2,1-2H3,(H,18,19). The number of methoxy groups -OCH3 is 1. The van der Waals surface area contributed by atoms with E-state index in [1.807, 2.05) is 18.2 Å². The number of nitrogens with zero attached hydrogens (tertiary/aromatic N) is 1. The molecule has 7 heteroatoms. The molecular formula is C15H19NO6. The predicted molar refractivity (Wildman–Crippen MR) is 77.1 cm³/mol. The molecule has 0 aliphatic heterocycles. The molecular weight excluding hydrogens is 290 g/mol. The van der Waals surface area contributed by atoms with Gasteiger partial charge in [-0.05, 0) is 12.0 Å². The number of carboxylic acid groups (broad SMARTS) is 1. The number of aliphatic carboxylic acids is 1. The summed E-state index contributed by atoms with van der Waals surface area (Å²) in [5, 5.41) is 9.16. The van der Waals surface area contributed by atoms with Gasteiger partial charge in [0.15, 0.2) is 0 Å². The van der Waals surface area contributed by atoms with E-state index in [1.54, 1.807) is 12.1 Å². The van der Waals surface area contributed by atoms with Gasteiger partial charge in [0.1, 0.15) is 12.6 Å². The molecule has 1 atom stereocenters. The molecule has 0 spiro atoms. The Kier molecular flexibility index (Phi) is 6.88. The van der Waals surface area contributed by atoms with E-state index >= 15 is 0 Å². The molecule has 0 saturated heterocycles. The molecule has 120 valence electrons. The Morgan fingerprint density at radius 1 is 1.23 bits per heavy atom. The monoisotopic (exact) mass is 309 g/mol. The van der Waals surface area contributed by atoms with Crippen LogP contribution in [0.2, 0.25) is 0 Å². The first-order valence-electron chi connectivity index (χ1n) is 6.68. The third kappa shape index (κ3) is 5.43. The summed E-state index contributed by atoms with van der Waals surface area (Å²) < 4.78 is 9.52. The molecule has 0 aliphatic rings. The minimum Gasteiger partial charge on any atom is -0.480 e. The fraction of sp³-hybridized carbons (Fsp3) is 0.400. The maximum Gasteiger partial charge on any atom is 0.410 e. The van der Waals surface area contributed by atoms with Gasteiger partial charge in [0, 0.05) is 13.5 Å². The number of carbonyl (C=O) groups excluding carboxylic acids is 2. The normalized spacial score (nSPS) is 11.4. The van der Waals surface area contributed by atoms with Crippen LogP contribution in [-0.2, 0) is 25.7 Å². The fourth-order valence-electron chi connectivity index (χ4n) is 1.79. The van der Waals surface area contributed by atoms with Crippen LogP contribution < -0.4 is 0 Å². The van der Waals surface area contributed by atoms with Crippen molar-refractivity contribution in [2.24, 2.45) is 0 Å². The van der Waals surface area contributed by atoms with E-state index in [2.05, 4.69) is 4.74 Å². The van der Waals surface area contributed by atoms with Crippen LogP contribution in [0.3, 0.4) is 0 Å². The lowest BCUT2D eigenvalue weighted by Gasteiger charge is -2.23. The van der Waals surface area contributed by atoms with Crippen LogP contribution in [0.1, 0.15) is 18.4 Å². The number of carbonyl (C=O) groups is 3. The van der Waals surface area contributed by atoms with Crippen LogP contribution in [0.15, 0.2) is 30.3 Å². The molecule has 0 bridgehead atoms. The molecule has 0 fully saturated rings. The summed E-state index contributed by atoms with van der Waals surface area (Å²) >= 11 is 0. The van der Waals surface area contributed by atoms with Crippen LogP contribution in [0.4, 0.5) is 4.79 Å². The first-order valence-corrected chi connectivity index (χ1v) is 6.68. The number of ether oxygens (including phenoxy) is 2.